The van der Waals surface area contributed by atoms with Gasteiger partial charge in [0.15, 0.2) is 45.4 Å². The van der Waals surface area contributed by atoms with Crippen molar-refractivity contribution in [2.24, 2.45) is 17.3 Å². The van der Waals surface area contributed by atoms with E-state index in [1.54, 1.807) is 43.2 Å². The normalized spacial score (nSPS) is 18.9. The minimum atomic E-state index is -7.43. The highest BCUT2D eigenvalue weighted by Gasteiger charge is 2.84. The van der Waals surface area contributed by atoms with Crippen molar-refractivity contribution in [3.05, 3.63) is 198 Å². The van der Waals surface area contributed by atoms with Crippen LogP contribution in [0.2, 0.25) is 0 Å². The second-order valence-electron chi connectivity index (χ2n) is 34.7. The number of benzene rings is 6. The number of carboxylic acids is 1. The van der Waals surface area contributed by atoms with Crippen LogP contribution >= 0.6 is 0 Å². The average molecular weight is 1920 g/mol. The molecular weight excluding hydrogens is 1810 g/mol. The SMILES string of the molecule is CC(C)(C)OC(=O)N1CCC(O)CC1.CC(C)(C)c1ccc([S+](c2ccccc2)c2ccccc2)cc1.CC(C)(C)c1ccc([S+]2CCOCC2)cc1.COC(=O)C(C)(C)O.COCC(C)OC(C)=O.O=C(OCCC(F)(F)C(F)(F)S(=O)(=O)[O-])C12CC3CC(CC(O)(C3)C1)C2.O=C([O-])c1ccccc1[CH+]c1ccccc1.O=S(=O)([O-])C(F)(F)C(F)(F)C(F)(F)C(F)(F)F. The first-order chi connectivity index (χ1) is 59.1. The molecular formula is C90H114F13NO21S4. The Balaban J connectivity index is 0.000000316. The summed E-state index contributed by atoms with van der Waals surface area (Å²) in [5.74, 6) is -20.2. The summed E-state index contributed by atoms with van der Waals surface area (Å²) in [6.45, 7) is 27.4. The number of carbonyl (C=O) groups excluding carboxylic acids is 5. The first kappa shape index (κ1) is 113. The standard InChI is InChI=1S/C22H23S.C15H20F4O6S.C14H10O2.C14H21OS.C10H19NO3.C6H12O3.C5H10O3.C4HF9O3S/c1-22(2,3)18-14-16-21(17-15-18)23(19-10-6-4-7-11-19)20-12-8-5-9-13-20;16-14(17,15(18,19)26(22,23)24)1-2-25-11(20)12-4-9-3-10(5-12)7-13(21,6-9)8-12;15-14(16)13-9-5-4-8-12(13)10-11-6-2-1-3-7-11;1-14(2,3)12-4-6-13(7-5-12)16-10-8-15-9-11-16;1-10(2,3)14-9(13)11-6-4-8(12)5-7-11;1-5(4-8-3)9-6(2)7;1-5(2,7)4(6)8-3;5-1(6,3(9,10)11)2(7,8)4(12,13)17(14,15)16/h4-17H,1-3H3;9-10,21H,1-8H2,(H,22,23,24);1-10H;4-7H,8-11H2,1-3H3;8,12H,4-7H2,1-3H3;5H,4H2,1-3H3;7H,1-3H3;(H,14,15,16)/q+1;;;+1;;;;/p-2. The zero-order chi connectivity index (χ0) is 98.2. The minimum Gasteiger partial charge on any atom is -0.743 e. The van der Waals surface area contributed by atoms with Gasteiger partial charge in [0.25, 0.3) is 0 Å². The molecule has 2 heterocycles. The number of aliphatic hydroxyl groups is 3. The minimum absolute atomic E-state index is 0.0497. The predicted molar refractivity (Wildman–Crippen MR) is 454 cm³/mol. The topological polar surface area (TPSA) is 342 Å². The number of aromatic carboxylic acids is 1. The summed E-state index contributed by atoms with van der Waals surface area (Å²) < 4.78 is 248. The lowest BCUT2D eigenvalue weighted by atomic mass is 9.48. The van der Waals surface area contributed by atoms with Crippen molar-refractivity contribution in [2.75, 3.05) is 65.2 Å². The molecule has 6 aromatic carbocycles. The van der Waals surface area contributed by atoms with Gasteiger partial charge >= 0.3 is 58.5 Å². The van der Waals surface area contributed by atoms with Crippen LogP contribution in [0, 0.1) is 23.7 Å². The first-order valence-electron chi connectivity index (χ1n) is 40.5. The zero-order valence-electron chi connectivity index (χ0n) is 74.2. The molecule has 4 saturated carbocycles. The maximum Gasteiger partial charge on any atom is 0.460 e. The molecule has 0 spiro atoms. The van der Waals surface area contributed by atoms with E-state index < -0.39 is 108 Å². The first-order valence-corrected chi connectivity index (χ1v) is 46.1. The number of alkyl halides is 13. The van der Waals surface area contributed by atoms with Gasteiger partial charge in [-0.05, 0) is 212 Å². The summed E-state index contributed by atoms with van der Waals surface area (Å²) >= 11 is 0. The van der Waals surface area contributed by atoms with Crippen LogP contribution in [0.15, 0.2) is 183 Å². The molecule has 720 valence electrons. The Hall–Kier alpha value is -8.25. The van der Waals surface area contributed by atoms with Gasteiger partial charge in [-0.3, -0.25) is 9.59 Å². The predicted octanol–water partition coefficient (Wildman–Crippen LogP) is 16.6. The molecule has 6 aromatic rings. The van der Waals surface area contributed by atoms with Gasteiger partial charge < -0.3 is 67.6 Å². The van der Waals surface area contributed by atoms with E-state index in [2.05, 4.69) is 155 Å². The molecule has 2 saturated heterocycles. The lowest BCUT2D eigenvalue weighted by molar-refractivity contribution is -0.382. The number of esters is 3. The van der Waals surface area contributed by atoms with Crippen LogP contribution in [0.1, 0.15) is 180 Å². The van der Waals surface area contributed by atoms with Gasteiger partial charge in [-0.25, -0.2) is 26.4 Å². The Morgan fingerprint density at radius 3 is 1.43 bits per heavy atom. The van der Waals surface area contributed by atoms with Crippen molar-refractivity contribution >= 4 is 72.0 Å². The molecule has 6 fully saturated rings. The van der Waals surface area contributed by atoms with Crippen molar-refractivity contribution in [1.82, 2.24) is 4.90 Å². The number of aliphatic hydroxyl groups excluding tert-OH is 1. The third-order valence-electron chi connectivity index (χ3n) is 20.1. The molecule has 6 aliphatic rings. The number of piperidine rings is 1. The number of halogens is 13. The number of methoxy groups -OCH3 is 2. The highest BCUT2D eigenvalue weighted by atomic mass is 32.2. The molecule has 1 amide bonds. The summed E-state index contributed by atoms with van der Waals surface area (Å²) in [4.78, 5) is 62.7. The van der Waals surface area contributed by atoms with Crippen molar-refractivity contribution in [3.63, 3.8) is 0 Å². The third-order valence-corrected chi connectivity index (χ3v) is 26.4. The Morgan fingerprint density at radius 1 is 0.612 bits per heavy atom. The number of amides is 1. The van der Waals surface area contributed by atoms with Crippen LogP contribution in [0.25, 0.3) is 0 Å². The lowest BCUT2D eigenvalue weighted by Crippen LogP contribution is -2.63. The van der Waals surface area contributed by atoms with Crippen LogP contribution in [0.4, 0.5) is 61.9 Å². The fourth-order valence-electron chi connectivity index (χ4n) is 14.0. The van der Waals surface area contributed by atoms with E-state index in [9.17, 15) is 122 Å². The number of rotatable bonds is 20. The highest BCUT2D eigenvalue weighted by Crippen LogP contribution is 2.62. The van der Waals surface area contributed by atoms with Crippen LogP contribution in [0.3, 0.4) is 0 Å². The van der Waals surface area contributed by atoms with E-state index in [1.807, 2.05) is 57.5 Å². The molecule has 4 bridgehead atoms. The van der Waals surface area contributed by atoms with Crippen LogP contribution < -0.4 is 5.11 Å². The largest absolute Gasteiger partial charge is 0.743 e. The molecule has 3 N–H and O–H groups in total. The molecule has 0 aromatic heterocycles. The number of likely N-dealkylation sites (tertiary alicyclic amines) is 1. The molecule has 0 radical (unpaired) electrons. The van der Waals surface area contributed by atoms with Gasteiger partial charge in [0.1, 0.15) is 29.2 Å². The van der Waals surface area contributed by atoms with Gasteiger partial charge in [0.2, 0.25) is 0 Å². The van der Waals surface area contributed by atoms with Crippen molar-refractivity contribution in [1.29, 1.82) is 0 Å². The Labute approximate surface area is 750 Å². The Morgan fingerprint density at radius 2 is 1.05 bits per heavy atom. The molecule has 22 nitrogen and oxygen atoms in total. The van der Waals surface area contributed by atoms with Crippen LogP contribution in [0.5, 0.6) is 0 Å². The van der Waals surface area contributed by atoms with Gasteiger partial charge in [-0.15, -0.1) is 0 Å². The molecule has 4 aliphatic carbocycles. The van der Waals surface area contributed by atoms with Gasteiger partial charge in [-0.1, -0.05) is 102 Å². The van der Waals surface area contributed by atoms with Crippen molar-refractivity contribution in [2.45, 2.75) is 242 Å². The highest BCUT2D eigenvalue weighted by molar-refractivity contribution is 7.97. The van der Waals surface area contributed by atoms with Gasteiger partial charge in [-0.2, -0.15) is 57.1 Å². The number of carbonyl (C=O) groups is 5. The molecule has 2 aliphatic heterocycles. The third kappa shape index (κ3) is 33.8. The molecule has 3 atom stereocenters. The van der Waals surface area contributed by atoms with Crippen LogP contribution in [-0.2, 0) is 95.7 Å². The van der Waals surface area contributed by atoms with Crippen molar-refractivity contribution < 1.29 is 156 Å². The average Bonchev–Trinajstić information content (AvgIpc) is 0.726. The second kappa shape index (κ2) is 46.9. The van der Waals surface area contributed by atoms with E-state index in [1.165, 1.54) is 70.1 Å². The number of hydrogen-bond donors (Lipinski definition) is 3. The fraction of sp³-hybridized carbons (Fsp3) is 0.533. The number of nitrogens with zero attached hydrogens (tertiary/aromatic N) is 1. The van der Waals surface area contributed by atoms with E-state index in [-0.39, 0.29) is 69.8 Å². The monoisotopic (exact) mass is 1920 g/mol. The Kier molecular flexibility index (Phi) is 41.1. The zero-order valence-corrected chi connectivity index (χ0v) is 77.4. The van der Waals surface area contributed by atoms with Crippen LogP contribution in [-0.4, -0.2) is 205 Å². The Bertz CT molecular complexity index is 4700. The summed E-state index contributed by atoms with van der Waals surface area (Å²) in [5, 5.41) is 26.6. The number of hydrogen-bond acceptors (Lipinski definition) is 21. The van der Waals surface area contributed by atoms with Crippen molar-refractivity contribution in [3.8, 4) is 0 Å². The molecule has 12 rings (SSSR count). The maximum atomic E-state index is 13.4. The quantitative estimate of drug-likeness (QED) is 0.0160. The van der Waals surface area contributed by atoms with E-state index in [4.69, 9.17) is 28.8 Å². The maximum absolute atomic E-state index is 13.4. The summed E-state index contributed by atoms with van der Waals surface area (Å²) in [6, 6.07) is 56.3. The summed E-state index contributed by atoms with van der Waals surface area (Å²) in [5.41, 5.74) is 1.31. The summed E-state index contributed by atoms with van der Waals surface area (Å²) in [7, 11) is -10.8. The fourth-order valence-corrected chi connectivity index (χ4v) is 18.8. The molecule has 3 unspecified atom stereocenters. The number of ether oxygens (including phenoxy) is 6. The lowest BCUT2D eigenvalue weighted by Gasteiger charge is -2.58. The second-order valence-corrected chi connectivity index (χ2v) is 41.8. The van der Waals surface area contributed by atoms with E-state index in [0.717, 1.165) is 25.2 Å². The van der Waals surface area contributed by atoms with Gasteiger partial charge in [0.05, 0.1) is 84.7 Å². The van der Waals surface area contributed by atoms with E-state index >= 15 is 0 Å². The molecule has 39 heteroatoms. The van der Waals surface area contributed by atoms with Gasteiger partial charge in [0, 0.05) is 62.6 Å². The molecule has 129 heavy (non-hydrogen) atoms. The smallest absolute Gasteiger partial charge is 0.460 e. The van der Waals surface area contributed by atoms with E-state index in [0.29, 0.717) is 74.7 Å². The summed E-state index contributed by atoms with van der Waals surface area (Å²) in [6.07, 6.45) is -3.41. The number of carboxylic acid groups (broad SMARTS) is 1.